The van der Waals surface area contributed by atoms with Crippen LogP contribution in [0.1, 0.15) is 29.9 Å². The highest BCUT2D eigenvalue weighted by molar-refractivity contribution is 6.30. The fraction of sp³-hybridized carbons (Fsp3) is 0.321. The smallest absolute Gasteiger partial charge is 0.223 e. The molecule has 2 aromatic carbocycles. The average molecular weight is 476 g/mol. The molecular weight excluding hydrogens is 446 g/mol. The van der Waals surface area contributed by atoms with Gasteiger partial charge in [-0.05, 0) is 73.3 Å². The highest BCUT2D eigenvalue weighted by Crippen LogP contribution is 2.25. The number of hydrogen-bond acceptors (Lipinski definition) is 3. The van der Waals surface area contributed by atoms with Crippen molar-refractivity contribution in [3.63, 3.8) is 0 Å². The third kappa shape index (κ3) is 5.37. The summed E-state index contributed by atoms with van der Waals surface area (Å²) in [5.74, 6) is 1.16. The van der Waals surface area contributed by atoms with Crippen molar-refractivity contribution in [1.82, 2.24) is 14.8 Å². The second kappa shape index (κ2) is 10.5. The maximum Gasteiger partial charge on any atom is 0.223 e. The summed E-state index contributed by atoms with van der Waals surface area (Å²) in [6, 6.07) is 22.7. The standard InChI is InChI=1S/C28H30ClN3O2/c29-24-7-3-5-21(17-24)19-32-25(18-23-6-1-2-9-27(23)32)20-31-14-11-22(12-15-31)28(33)30-13-10-26-8-4-16-34-26/h1-9,16-18,22H,10-15,19-20H2,(H,30,33). The number of carbonyl (C=O) groups is 1. The molecule has 1 N–H and O–H groups in total. The molecule has 0 aliphatic carbocycles. The van der Waals surface area contributed by atoms with E-state index in [0.717, 1.165) is 56.2 Å². The van der Waals surface area contributed by atoms with Crippen LogP contribution in [0.25, 0.3) is 10.9 Å². The van der Waals surface area contributed by atoms with Gasteiger partial charge < -0.3 is 14.3 Å². The summed E-state index contributed by atoms with van der Waals surface area (Å²) < 4.78 is 7.74. The number of nitrogens with one attached hydrogen (secondary N) is 1. The van der Waals surface area contributed by atoms with E-state index in [2.05, 4.69) is 51.2 Å². The zero-order valence-electron chi connectivity index (χ0n) is 19.3. The zero-order valence-corrected chi connectivity index (χ0v) is 20.0. The summed E-state index contributed by atoms with van der Waals surface area (Å²) in [6.45, 7) is 4.14. The van der Waals surface area contributed by atoms with E-state index in [1.165, 1.54) is 22.2 Å². The summed E-state index contributed by atoms with van der Waals surface area (Å²) in [6.07, 6.45) is 4.18. The maximum atomic E-state index is 12.6. The summed E-state index contributed by atoms with van der Waals surface area (Å²) in [7, 11) is 0. The van der Waals surface area contributed by atoms with Gasteiger partial charge in [-0.15, -0.1) is 0 Å². The number of amides is 1. The normalized spacial score (nSPS) is 15.1. The lowest BCUT2D eigenvalue weighted by molar-refractivity contribution is -0.126. The van der Waals surface area contributed by atoms with Crippen LogP contribution >= 0.6 is 11.6 Å². The number of rotatable bonds is 8. The number of halogens is 1. The first-order valence-electron chi connectivity index (χ1n) is 12.0. The van der Waals surface area contributed by atoms with Gasteiger partial charge in [0.2, 0.25) is 5.91 Å². The second-order valence-electron chi connectivity index (χ2n) is 9.08. The number of likely N-dealkylation sites (tertiary alicyclic amines) is 1. The van der Waals surface area contributed by atoms with Crippen LogP contribution in [0.4, 0.5) is 0 Å². The molecule has 5 rings (SSSR count). The number of fused-ring (bicyclic) bond motifs is 1. The van der Waals surface area contributed by atoms with Crippen molar-refractivity contribution in [1.29, 1.82) is 0 Å². The topological polar surface area (TPSA) is 50.4 Å². The molecule has 5 nitrogen and oxygen atoms in total. The van der Waals surface area contributed by atoms with Crippen LogP contribution in [0.15, 0.2) is 77.4 Å². The molecule has 1 amide bonds. The molecule has 0 atom stereocenters. The molecule has 0 saturated carbocycles. The Morgan fingerprint density at radius 3 is 2.65 bits per heavy atom. The van der Waals surface area contributed by atoms with E-state index < -0.39 is 0 Å². The first-order chi connectivity index (χ1) is 16.7. The molecule has 0 unspecified atom stereocenters. The maximum absolute atomic E-state index is 12.6. The molecule has 1 aliphatic heterocycles. The zero-order chi connectivity index (χ0) is 23.3. The van der Waals surface area contributed by atoms with E-state index in [9.17, 15) is 4.79 Å². The lowest BCUT2D eigenvalue weighted by Gasteiger charge is -2.31. The minimum atomic E-state index is 0.0881. The van der Waals surface area contributed by atoms with Gasteiger partial charge in [-0.1, -0.05) is 41.9 Å². The Morgan fingerprint density at radius 1 is 1.00 bits per heavy atom. The fourth-order valence-electron chi connectivity index (χ4n) is 4.89. The average Bonchev–Trinajstić information content (AvgIpc) is 3.48. The Morgan fingerprint density at radius 2 is 1.85 bits per heavy atom. The number of para-hydroxylation sites is 1. The molecule has 4 aromatic rings. The van der Waals surface area contributed by atoms with Crippen LogP contribution in [0, 0.1) is 5.92 Å². The van der Waals surface area contributed by atoms with Crippen LogP contribution < -0.4 is 5.32 Å². The first kappa shape index (κ1) is 22.8. The van der Waals surface area contributed by atoms with Gasteiger partial charge in [0.15, 0.2) is 0 Å². The second-order valence-corrected chi connectivity index (χ2v) is 9.52. The van der Waals surface area contributed by atoms with Crippen molar-refractivity contribution < 1.29 is 9.21 Å². The minimum absolute atomic E-state index is 0.0881. The molecule has 34 heavy (non-hydrogen) atoms. The highest BCUT2D eigenvalue weighted by Gasteiger charge is 2.25. The van der Waals surface area contributed by atoms with Crippen molar-refractivity contribution in [2.75, 3.05) is 19.6 Å². The summed E-state index contributed by atoms with van der Waals surface area (Å²) >= 11 is 6.24. The van der Waals surface area contributed by atoms with Crippen molar-refractivity contribution in [2.45, 2.75) is 32.4 Å². The SMILES string of the molecule is O=C(NCCc1ccco1)C1CCN(Cc2cc3ccccc3n2Cc2cccc(Cl)c2)CC1. The molecule has 0 radical (unpaired) electrons. The Labute approximate surface area is 205 Å². The molecule has 6 heteroatoms. The van der Waals surface area contributed by atoms with Gasteiger partial charge in [0, 0.05) is 48.2 Å². The lowest BCUT2D eigenvalue weighted by Crippen LogP contribution is -2.40. The van der Waals surface area contributed by atoms with Gasteiger partial charge in [-0.25, -0.2) is 0 Å². The van der Waals surface area contributed by atoms with Gasteiger partial charge in [0.1, 0.15) is 5.76 Å². The van der Waals surface area contributed by atoms with Gasteiger partial charge in [-0.2, -0.15) is 0 Å². The first-order valence-corrected chi connectivity index (χ1v) is 12.4. The van der Waals surface area contributed by atoms with Crippen LogP contribution in [-0.4, -0.2) is 35.0 Å². The van der Waals surface area contributed by atoms with Crippen LogP contribution in [0.5, 0.6) is 0 Å². The van der Waals surface area contributed by atoms with E-state index >= 15 is 0 Å². The number of benzene rings is 2. The van der Waals surface area contributed by atoms with E-state index in [4.69, 9.17) is 16.0 Å². The van der Waals surface area contributed by atoms with Gasteiger partial charge in [0.25, 0.3) is 0 Å². The van der Waals surface area contributed by atoms with E-state index in [0.29, 0.717) is 6.54 Å². The molecule has 3 heterocycles. The lowest BCUT2D eigenvalue weighted by atomic mass is 9.95. The van der Waals surface area contributed by atoms with Crippen LogP contribution in [0.3, 0.4) is 0 Å². The van der Waals surface area contributed by atoms with Gasteiger partial charge in [0.05, 0.1) is 6.26 Å². The molecule has 0 spiro atoms. The predicted octanol–water partition coefficient (Wildman–Crippen LogP) is 5.51. The predicted molar refractivity (Wildman–Crippen MR) is 136 cm³/mol. The van der Waals surface area contributed by atoms with Crippen LogP contribution in [0.2, 0.25) is 5.02 Å². The fourth-order valence-corrected chi connectivity index (χ4v) is 5.11. The number of piperidine rings is 1. The van der Waals surface area contributed by atoms with E-state index in [1.54, 1.807) is 6.26 Å². The summed E-state index contributed by atoms with van der Waals surface area (Å²) in [5.41, 5.74) is 3.73. The molecule has 2 aromatic heterocycles. The van der Waals surface area contributed by atoms with Crippen molar-refractivity contribution in [3.8, 4) is 0 Å². The monoisotopic (exact) mass is 475 g/mol. The van der Waals surface area contributed by atoms with Crippen molar-refractivity contribution >= 4 is 28.4 Å². The molecule has 1 saturated heterocycles. The molecule has 176 valence electrons. The minimum Gasteiger partial charge on any atom is -0.469 e. The van der Waals surface area contributed by atoms with Crippen molar-refractivity contribution in [2.24, 2.45) is 5.92 Å². The number of hydrogen-bond donors (Lipinski definition) is 1. The van der Waals surface area contributed by atoms with E-state index in [-0.39, 0.29) is 11.8 Å². The highest BCUT2D eigenvalue weighted by atomic mass is 35.5. The van der Waals surface area contributed by atoms with Gasteiger partial charge in [-0.3, -0.25) is 9.69 Å². The van der Waals surface area contributed by atoms with E-state index in [1.807, 2.05) is 30.3 Å². The molecule has 1 aliphatic rings. The number of furan rings is 1. The Kier molecular flexibility index (Phi) is 7.02. The Hall–Kier alpha value is -3.02. The number of carbonyl (C=O) groups excluding carboxylic acids is 1. The third-order valence-electron chi connectivity index (χ3n) is 6.72. The number of aromatic nitrogens is 1. The van der Waals surface area contributed by atoms with Gasteiger partial charge >= 0.3 is 0 Å². The summed E-state index contributed by atoms with van der Waals surface area (Å²) in [5, 5.41) is 5.10. The van der Waals surface area contributed by atoms with Crippen LogP contribution in [-0.2, 0) is 24.3 Å². The summed E-state index contributed by atoms with van der Waals surface area (Å²) in [4.78, 5) is 15.1. The molecule has 0 bridgehead atoms. The molecular formula is C28H30ClN3O2. The largest absolute Gasteiger partial charge is 0.469 e. The third-order valence-corrected chi connectivity index (χ3v) is 6.96. The number of nitrogens with zero attached hydrogens (tertiary/aromatic N) is 2. The van der Waals surface area contributed by atoms with Crippen molar-refractivity contribution in [3.05, 3.63) is 95.0 Å². The Bertz CT molecular complexity index is 1240. The Balaban J connectivity index is 1.21. The quantitative estimate of drug-likeness (QED) is 0.365. The molecule has 1 fully saturated rings.